The van der Waals surface area contributed by atoms with Crippen molar-refractivity contribution >= 4 is 17.2 Å². The van der Waals surface area contributed by atoms with Crippen LogP contribution < -0.4 is 5.32 Å². The first-order chi connectivity index (χ1) is 11.7. The zero-order chi connectivity index (χ0) is 16.9. The summed E-state index contributed by atoms with van der Waals surface area (Å²) in [6, 6.07) is 16.0. The second kappa shape index (κ2) is 7.21. The van der Waals surface area contributed by atoms with E-state index in [0.29, 0.717) is 12.2 Å². The Kier molecular flexibility index (Phi) is 4.85. The smallest absolute Gasteiger partial charge is 0.355 e. The van der Waals surface area contributed by atoms with E-state index in [2.05, 4.69) is 36.5 Å². The number of nitrogens with one attached hydrogen (secondary N) is 1. The Labute approximate surface area is 141 Å². The number of hydrogen-bond acceptors (Lipinski definition) is 2. The van der Waals surface area contributed by atoms with Crippen LogP contribution >= 0.6 is 0 Å². The zero-order valence-corrected chi connectivity index (χ0v) is 13.8. The number of rotatable bonds is 7. The van der Waals surface area contributed by atoms with Crippen LogP contribution in [0.15, 0.2) is 54.7 Å². The summed E-state index contributed by atoms with van der Waals surface area (Å²) < 4.78 is 1.69. The largest absolute Gasteiger partial charge is 0.476 e. The summed E-state index contributed by atoms with van der Waals surface area (Å²) in [5, 5.41) is 12.8. The first-order valence-electron chi connectivity index (χ1n) is 8.34. The molecule has 0 spiro atoms. The van der Waals surface area contributed by atoms with Crippen LogP contribution in [0, 0.1) is 0 Å². The second-order valence-electron chi connectivity index (χ2n) is 5.98. The van der Waals surface area contributed by atoms with Gasteiger partial charge in [-0.25, -0.2) is 4.79 Å². The fourth-order valence-electron chi connectivity index (χ4n) is 2.87. The molecule has 0 unspecified atom stereocenters. The Hall–Kier alpha value is -2.75. The molecule has 1 aromatic carbocycles. The molecule has 2 heterocycles. The van der Waals surface area contributed by atoms with E-state index in [1.54, 1.807) is 10.6 Å². The molecule has 0 atom stereocenters. The Balaban J connectivity index is 1.75. The number of carbonyl (C=O) groups is 1. The van der Waals surface area contributed by atoms with Gasteiger partial charge in [0.1, 0.15) is 0 Å². The van der Waals surface area contributed by atoms with Gasteiger partial charge in [0.15, 0.2) is 5.69 Å². The summed E-state index contributed by atoms with van der Waals surface area (Å²) in [6.45, 7) is 2.79. The van der Waals surface area contributed by atoms with Crippen molar-refractivity contribution in [2.45, 2.75) is 32.7 Å². The summed E-state index contributed by atoms with van der Waals surface area (Å²) in [5.41, 5.74) is 4.25. The first-order valence-corrected chi connectivity index (χ1v) is 8.34. The molecule has 0 fully saturated rings. The van der Waals surface area contributed by atoms with Crippen molar-refractivity contribution in [2.24, 2.45) is 0 Å². The predicted molar refractivity (Wildman–Crippen MR) is 96.7 cm³/mol. The molecule has 0 saturated heterocycles. The molecule has 2 aromatic heterocycles. The monoisotopic (exact) mass is 322 g/mol. The average molecular weight is 322 g/mol. The van der Waals surface area contributed by atoms with Gasteiger partial charge < -0.3 is 14.8 Å². The number of aryl methyl sites for hydroxylation is 1. The molecule has 0 aliphatic carbocycles. The molecule has 0 radical (unpaired) electrons. The number of carboxylic acids is 1. The number of nitrogens with zero attached hydrogens (tertiary/aromatic N) is 1. The van der Waals surface area contributed by atoms with Gasteiger partial charge in [0.25, 0.3) is 0 Å². The number of anilines is 1. The molecule has 2 N–H and O–H groups in total. The molecule has 3 rings (SSSR count). The van der Waals surface area contributed by atoms with Gasteiger partial charge in [-0.2, -0.15) is 0 Å². The number of carboxylic acid groups (broad SMARTS) is 1. The summed E-state index contributed by atoms with van der Waals surface area (Å²) in [4.78, 5) is 11.6. The van der Waals surface area contributed by atoms with E-state index >= 15 is 0 Å². The van der Waals surface area contributed by atoms with Crippen LogP contribution in [0.5, 0.6) is 0 Å². The highest BCUT2D eigenvalue weighted by molar-refractivity contribution is 5.93. The minimum Gasteiger partial charge on any atom is -0.476 e. The highest BCUT2D eigenvalue weighted by atomic mass is 16.4. The number of aromatic carboxylic acids is 1. The molecule has 0 amide bonds. The van der Waals surface area contributed by atoms with Crippen molar-refractivity contribution in [3.8, 4) is 0 Å². The molecule has 24 heavy (non-hydrogen) atoms. The third-order valence-corrected chi connectivity index (χ3v) is 4.22. The fourth-order valence-corrected chi connectivity index (χ4v) is 2.87. The lowest BCUT2D eigenvalue weighted by atomic mass is 10.1. The standard InChI is InChI=1S/C20H22N2O2/c1-2-3-5-15-7-9-16(10-8-15)14-21-18-12-11-17-6-4-13-22(17)19(18)20(23)24/h4,6-13,21H,2-3,5,14H2,1H3,(H,23,24). The van der Waals surface area contributed by atoms with Crippen LogP contribution in [-0.2, 0) is 13.0 Å². The van der Waals surface area contributed by atoms with E-state index in [9.17, 15) is 9.90 Å². The highest BCUT2D eigenvalue weighted by Gasteiger charge is 2.14. The quantitative estimate of drug-likeness (QED) is 0.669. The van der Waals surface area contributed by atoms with Gasteiger partial charge in [-0.05, 0) is 48.2 Å². The maximum Gasteiger partial charge on any atom is 0.355 e. The lowest BCUT2D eigenvalue weighted by Gasteiger charge is -2.12. The van der Waals surface area contributed by atoms with Gasteiger partial charge >= 0.3 is 5.97 Å². The highest BCUT2D eigenvalue weighted by Crippen LogP contribution is 2.20. The lowest BCUT2D eigenvalue weighted by Crippen LogP contribution is -2.11. The van der Waals surface area contributed by atoms with E-state index < -0.39 is 5.97 Å². The van der Waals surface area contributed by atoms with E-state index in [-0.39, 0.29) is 5.69 Å². The first kappa shape index (κ1) is 16.1. The van der Waals surface area contributed by atoms with Crippen molar-refractivity contribution in [3.05, 3.63) is 71.5 Å². The molecule has 124 valence electrons. The van der Waals surface area contributed by atoms with Gasteiger partial charge in [0.05, 0.1) is 5.69 Å². The molecule has 0 bridgehead atoms. The van der Waals surface area contributed by atoms with E-state index in [0.717, 1.165) is 17.5 Å². The van der Waals surface area contributed by atoms with Crippen LogP contribution in [0.4, 0.5) is 5.69 Å². The predicted octanol–water partition coefficient (Wildman–Crippen LogP) is 4.59. The zero-order valence-electron chi connectivity index (χ0n) is 13.8. The van der Waals surface area contributed by atoms with Crippen LogP contribution in [0.1, 0.15) is 41.4 Å². The average Bonchev–Trinajstić information content (AvgIpc) is 3.06. The van der Waals surface area contributed by atoms with Gasteiger partial charge in [0, 0.05) is 18.3 Å². The SMILES string of the molecule is CCCCc1ccc(CNc2ccc3cccn3c2C(=O)O)cc1. The summed E-state index contributed by atoms with van der Waals surface area (Å²) in [7, 11) is 0. The number of hydrogen-bond donors (Lipinski definition) is 2. The minimum absolute atomic E-state index is 0.261. The maximum atomic E-state index is 11.6. The summed E-state index contributed by atoms with van der Waals surface area (Å²) >= 11 is 0. The van der Waals surface area contributed by atoms with Crippen LogP contribution in [0.25, 0.3) is 5.52 Å². The van der Waals surface area contributed by atoms with E-state index in [4.69, 9.17) is 0 Å². The van der Waals surface area contributed by atoms with E-state index in [1.807, 2.05) is 24.3 Å². The van der Waals surface area contributed by atoms with Crippen LogP contribution in [0.3, 0.4) is 0 Å². The van der Waals surface area contributed by atoms with Gasteiger partial charge in [-0.1, -0.05) is 37.6 Å². The van der Waals surface area contributed by atoms with Gasteiger partial charge in [-0.3, -0.25) is 0 Å². The molecule has 4 heteroatoms. The van der Waals surface area contributed by atoms with Gasteiger partial charge in [0.2, 0.25) is 0 Å². The topological polar surface area (TPSA) is 53.7 Å². The fraction of sp³-hybridized carbons (Fsp3) is 0.250. The molecule has 3 aromatic rings. The third-order valence-electron chi connectivity index (χ3n) is 4.22. The van der Waals surface area contributed by atoms with Crippen LogP contribution in [0.2, 0.25) is 0 Å². The molecular weight excluding hydrogens is 300 g/mol. The molecule has 0 aliphatic rings. The summed E-state index contributed by atoms with van der Waals surface area (Å²) in [6.07, 6.45) is 5.28. The number of aromatic nitrogens is 1. The Morgan fingerprint density at radius 3 is 2.54 bits per heavy atom. The summed E-state index contributed by atoms with van der Waals surface area (Å²) in [5.74, 6) is -0.936. The van der Waals surface area contributed by atoms with Gasteiger partial charge in [-0.15, -0.1) is 0 Å². The number of pyridine rings is 1. The van der Waals surface area contributed by atoms with Crippen molar-refractivity contribution in [1.29, 1.82) is 0 Å². The third kappa shape index (κ3) is 3.43. The molecule has 0 saturated carbocycles. The van der Waals surface area contributed by atoms with Crippen molar-refractivity contribution in [2.75, 3.05) is 5.32 Å². The normalized spacial score (nSPS) is 10.9. The van der Waals surface area contributed by atoms with Crippen molar-refractivity contribution < 1.29 is 9.90 Å². The molecule has 0 aliphatic heterocycles. The second-order valence-corrected chi connectivity index (χ2v) is 5.98. The Morgan fingerprint density at radius 2 is 1.83 bits per heavy atom. The number of unbranched alkanes of at least 4 members (excludes halogenated alkanes) is 1. The Morgan fingerprint density at radius 1 is 1.08 bits per heavy atom. The maximum absolute atomic E-state index is 11.6. The van der Waals surface area contributed by atoms with Crippen LogP contribution in [-0.4, -0.2) is 15.5 Å². The molecule has 4 nitrogen and oxygen atoms in total. The van der Waals surface area contributed by atoms with E-state index in [1.165, 1.54) is 18.4 Å². The molecular formula is C20H22N2O2. The lowest BCUT2D eigenvalue weighted by molar-refractivity contribution is 0.0690. The number of fused-ring (bicyclic) bond motifs is 1. The number of benzene rings is 1. The Bertz CT molecular complexity index is 834. The van der Waals surface area contributed by atoms with Crippen molar-refractivity contribution in [1.82, 2.24) is 4.40 Å². The minimum atomic E-state index is -0.936. The van der Waals surface area contributed by atoms with Crippen molar-refractivity contribution in [3.63, 3.8) is 0 Å².